The third-order valence-corrected chi connectivity index (χ3v) is 6.41. The molecular formula is C23H31IN4O3. The summed E-state index contributed by atoms with van der Waals surface area (Å²) in [6.45, 7) is 6.13. The molecule has 2 aliphatic carbocycles. The van der Waals surface area contributed by atoms with Gasteiger partial charge in [-0.25, -0.2) is 4.99 Å². The summed E-state index contributed by atoms with van der Waals surface area (Å²) in [5, 5.41) is 6.47. The molecule has 1 aromatic carbocycles. The normalized spacial score (nSPS) is 26.2. The molecule has 0 spiro atoms. The first-order valence-electron chi connectivity index (χ1n) is 10.7. The Morgan fingerprint density at radius 1 is 1.16 bits per heavy atom. The van der Waals surface area contributed by atoms with E-state index in [1.165, 1.54) is 4.90 Å². The monoisotopic (exact) mass is 538 g/mol. The zero-order chi connectivity index (χ0) is 21.3. The van der Waals surface area contributed by atoms with Gasteiger partial charge in [0, 0.05) is 19.6 Å². The van der Waals surface area contributed by atoms with Crippen molar-refractivity contribution >= 4 is 41.8 Å². The maximum absolute atomic E-state index is 12.8. The second-order valence-corrected chi connectivity index (χ2v) is 8.25. The maximum Gasteiger partial charge on any atom is 0.233 e. The first-order valence-corrected chi connectivity index (χ1v) is 10.7. The van der Waals surface area contributed by atoms with Crippen molar-refractivity contribution in [1.29, 1.82) is 0 Å². The van der Waals surface area contributed by atoms with Gasteiger partial charge in [0.15, 0.2) is 5.96 Å². The highest BCUT2D eigenvalue weighted by Gasteiger charge is 2.58. The molecule has 4 atom stereocenters. The van der Waals surface area contributed by atoms with Crippen LogP contribution >= 0.6 is 24.0 Å². The molecule has 1 aromatic rings. The summed E-state index contributed by atoms with van der Waals surface area (Å²) in [5.74, 6) is 1.77. The van der Waals surface area contributed by atoms with Crippen LogP contribution in [0.2, 0.25) is 0 Å². The van der Waals surface area contributed by atoms with Gasteiger partial charge < -0.3 is 15.4 Å². The van der Waals surface area contributed by atoms with Crippen molar-refractivity contribution in [3.05, 3.63) is 41.5 Å². The van der Waals surface area contributed by atoms with Crippen molar-refractivity contribution in [3.8, 4) is 5.75 Å². The molecule has 3 aliphatic rings. The molecular weight excluding hydrogens is 507 g/mol. The van der Waals surface area contributed by atoms with Gasteiger partial charge >= 0.3 is 0 Å². The first kappa shape index (κ1) is 23.6. The van der Waals surface area contributed by atoms with E-state index in [0.717, 1.165) is 29.8 Å². The lowest BCUT2D eigenvalue weighted by Gasteiger charge is -2.18. The van der Waals surface area contributed by atoms with Gasteiger partial charge in [0.05, 0.1) is 25.5 Å². The van der Waals surface area contributed by atoms with E-state index in [1.807, 2.05) is 26.0 Å². The summed E-state index contributed by atoms with van der Waals surface area (Å²) < 4.78 is 5.30. The highest BCUT2D eigenvalue weighted by Crippen LogP contribution is 2.52. The molecule has 4 unspecified atom stereocenters. The number of nitrogens with one attached hydrogen (secondary N) is 2. The van der Waals surface area contributed by atoms with Crippen LogP contribution in [0, 0.1) is 30.6 Å². The van der Waals surface area contributed by atoms with Gasteiger partial charge in [-0.15, -0.1) is 24.0 Å². The highest BCUT2D eigenvalue weighted by molar-refractivity contribution is 14.0. The Bertz CT molecular complexity index is 871. The molecule has 2 amide bonds. The van der Waals surface area contributed by atoms with Crippen LogP contribution in [-0.4, -0.2) is 49.4 Å². The molecule has 1 saturated heterocycles. The van der Waals surface area contributed by atoms with Crippen molar-refractivity contribution in [2.75, 3.05) is 26.7 Å². The zero-order valence-corrected chi connectivity index (χ0v) is 20.6. The quantitative estimate of drug-likeness (QED) is 0.183. The van der Waals surface area contributed by atoms with Gasteiger partial charge in [-0.2, -0.15) is 0 Å². The van der Waals surface area contributed by atoms with Gasteiger partial charge in [-0.1, -0.05) is 24.3 Å². The number of likely N-dealkylation sites (tertiary alicyclic amines) is 1. The number of aliphatic imine (C=N–C) groups is 1. The number of hydrogen-bond acceptors (Lipinski definition) is 4. The van der Waals surface area contributed by atoms with Crippen molar-refractivity contribution < 1.29 is 14.3 Å². The minimum Gasteiger partial charge on any atom is -0.496 e. The van der Waals surface area contributed by atoms with Gasteiger partial charge in [0.1, 0.15) is 5.75 Å². The molecule has 4 rings (SSSR count). The smallest absolute Gasteiger partial charge is 0.233 e. The lowest BCUT2D eigenvalue weighted by Crippen LogP contribution is -2.43. The molecule has 2 N–H and O–H groups in total. The van der Waals surface area contributed by atoms with E-state index in [2.05, 4.69) is 33.8 Å². The summed E-state index contributed by atoms with van der Waals surface area (Å²) in [7, 11) is 1.66. The molecule has 0 radical (unpaired) electrons. The number of fused-ring (bicyclic) bond motifs is 5. The summed E-state index contributed by atoms with van der Waals surface area (Å²) in [5.41, 5.74) is 2.16. The van der Waals surface area contributed by atoms with E-state index in [4.69, 9.17) is 4.74 Å². The Morgan fingerprint density at radius 3 is 2.42 bits per heavy atom. The number of rotatable bonds is 7. The van der Waals surface area contributed by atoms with Crippen LogP contribution in [0.15, 0.2) is 35.3 Å². The molecule has 31 heavy (non-hydrogen) atoms. The molecule has 0 aromatic heterocycles. The number of guanidine groups is 1. The standard InChI is InChI=1S/C23H30N4O3.HI/c1-4-24-23(26-13-15-5-8-18(30-3)14(2)11-15)25-9-10-27-21(28)19-16-6-7-17(12-16)20(19)22(27)29;/h5-8,11,16-17,19-20H,4,9-10,12-13H2,1-3H3,(H2,24,25,26);1H. The van der Waals surface area contributed by atoms with E-state index in [0.29, 0.717) is 25.6 Å². The number of hydrogen-bond donors (Lipinski definition) is 2. The van der Waals surface area contributed by atoms with Crippen molar-refractivity contribution in [3.63, 3.8) is 0 Å². The van der Waals surface area contributed by atoms with E-state index in [9.17, 15) is 9.59 Å². The second-order valence-electron chi connectivity index (χ2n) is 8.25. The molecule has 2 fully saturated rings. The minimum absolute atomic E-state index is 0. The number of aryl methyl sites for hydroxylation is 1. The zero-order valence-electron chi connectivity index (χ0n) is 18.3. The summed E-state index contributed by atoms with van der Waals surface area (Å²) in [6, 6.07) is 6.01. The van der Waals surface area contributed by atoms with Crippen LogP contribution in [0.5, 0.6) is 5.75 Å². The molecule has 1 saturated carbocycles. The Balaban J connectivity index is 0.00000272. The Morgan fingerprint density at radius 2 is 1.84 bits per heavy atom. The van der Waals surface area contributed by atoms with E-state index < -0.39 is 0 Å². The molecule has 168 valence electrons. The van der Waals surface area contributed by atoms with E-state index >= 15 is 0 Å². The molecule has 7 nitrogen and oxygen atoms in total. The third-order valence-electron chi connectivity index (χ3n) is 6.41. The number of halogens is 1. The van der Waals surface area contributed by atoms with Crippen LogP contribution in [0.3, 0.4) is 0 Å². The number of nitrogens with zero attached hydrogens (tertiary/aromatic N) is 2. The number of allylic oxidation sites excluding steroid dienone is 2. The number of imide groups is 1. The number of carbonyl (C=O) groups is 2. The topological polar surface area (TPSA) is 83.0 Å². The van der Waals surface area contributed by atoms with Crippen LogP contribution in [0.1, 0.15) is 24.5 Å². The summed E-state index contributed by atoms with van der Waals surface area (Å²) in [6.07, 6.45) is 5.20. The van der Waals surface area contributed by atoms with Gasteiger partial charge in [0.2, 0.25) is 11.8 Å². The van der Waals surface area contributed by atoms with Crippen molar-refractivity contribution in [1.82, 2.24) is 15.5 Å². The number of amides is 2. The Hall–Kier alpha value is -2.10. The Labute approximate surface area is 200 Å². The molecule has 1 aliphatic heterocycles. The first-order chi connectivity index (χ1) is 14.5. The lowest BCUT2D eigenvalue weighted by atomic mass is 9.85. The van der Waals surface area contributed by atoms with E-state index in [-0.39, 0.29) is 59.5 Å². The predicted molar refractivity (Wildman–Crippen MR) is 130 cm³/mol. The fourth-order valence-electron chi connectivity index (χ4n) is 5.02. The van der Waals surface area contributed by atoms with Gasteiger partial charge in [0.25, 0.3) is 0 Å². The van der Waals surface area contributed by atoms with Crippen LogP contribution in [0.4, 0.5) is 0 Å². The van der Waals surface area contributed by atoms with Crippen LogP contribution < -0.4 is 15.4 Å². The largest absolute Gasteiger partial charge is 0.496 e. The highest BCUT2D eigenvalue weighted by atomic mass is 127. The van der Waals surface area contributed by atoms with Gasteiger partial charge in [-0.3, -0.25) is 14.5 Å². The maximum atomic E-state index is 12.8. The predicted octanol–water partition coefficient (Wildman–Crippen LogP) is 2.48. The molecule has 2 bridgehead atoms. The van der Waals surface area contributed by atoms with Gasteiger partial charge in [-0.05, 0) is 49.3 Å². The SMILES string of the molecule is CCNC(=NCc1ccc(OC)c(C)c1)NCCN1C(=O)C2C3C=CC(C3)C2C1=O.I. The summed E-state index contributed by atoms with van der Waals surface area (Å²) >= 11 is 0. The minimum atomic E-state index is -0.132. The number of methoxy groups -OCH3 is 1. The fraction of sp³-hybridized carbons (Fsp3) is 0.522. The molecule has 1 heterocycles. The van der Waals surface area contributed by atoms with Crippen molar-refractivity contribution in [2.24, 2.45) is 28.7 Å². The number of ether oxygens (including phenoxy) is 1. The second kappa shape index (κ2) is 10.0. The average molecular weight is 538 g/mol. The van der Waals surface area contributed by atoms with Crippen LogP contribution in [0.25, 0.3) is 0 Å². The number of benzene rings is 1. The third kappa shape index (κ3) is 4.58. The van der Waals surface area contributed by atoms with E-state index in [1.54, 1.807) is 7.11 Å². The summed E-state index contributed by atoms with van der Waals surface area (Å²) in [4.78, 5) is 31.6. The number of carbonyl (C=O) groups excluding carboxylic acids is 2. The van der Waals surface area contributed by atoms with Crippen LogP contribution in [-0.2, 0) is 16.1 Å². The average Bonchev–Trinajstić information content (AvgIpc) is 3.41. The molecule has 8 heteroatoms. The van der Waals surface area contributed by atoms with Crippen molar-refractivity contribution in [2.45, 2.75) is 26.8 Å². The Kier molecular flexibility index (Phi) is 7.61. The fourth-order valence-corrected chi connectivity index (χ4v) is 5.02. The lowest BCUT2D eigenvalue weighted by molar-refractivity contribution is -0.140.